The summed E-state index contributed by atoms with van der Waals surface area (Å²) in [6.45, 7) is 0. The molecule has 4 nitrogen and oxygen atoms in total. The lowest BCUT2D eigenvalue weighted by molar-refractivity contribution is -0.116. The van der Waals surface area contributed by atoms with Gasteiger partial charge in [0.1, 0.15) is 0 Å². The molecule has 3 N–H and O–H groups in total. The van der Waals surface area contributed by atoms with Crippen LogP contribution in [0.4, 0.5) is 5.69 Å². The van der Waals surface area contributed by atoms with E-state index in [4.69, 9.17) is 11.0 Å². The molecule has 4 heteroatoms. The van der Waals surface area contributed by atoms with E-state index in [1.165, 1.54) is 0 Å². The highest BCUT2D eigenvalue weighted by atomic mass is 16.1. The Hall–Kier alpha value is -1.86. The smallest absolute Gasteiger partial charge is 0.224 e. The van der Waals surface area contributed by atoms with Crippen LogP contribution in [0.25, 0.3) is 0 Å². The van der Waals surface area contributed by atoms with Crippen LogP contribution < -0.4 is 11.1 Å². The number of rotatable bonds is 2. The third-order valence-corrected chi connectivity index (χ3v) is 2.69. The van der Waals surface area contributed by atoms with Crippen molar-refractivity contribution in [3.8, 4) is 6.07 Å². The molecule has 1 aromatic carbocycles. The number of carbonyl (C=O) groups is 1. The molecule has 1 aromatic rings. The first-order chi connectivity index (χ1) is 7.69. The van der Waals surface area contributed by atoms with Gasteiger partial charge in [-0.05, 0) is 23.6 Å². The van der Waals surface area contributed by atoms with Crippen LogP contribution in [0.2, 0.25) is 0 Å². The molecule has 1 unspecified atom stereocenters. The predicted octanol–water partition coefficient (Wildman–Crippen LogP) is 0.965. The van der Waals surface area contributed by atoms with E-state index in [1.54, 1.807) is 0 Å². The standard InChI is InChI=1S/C12H13N3O/c13-7-10(14)6-8-1-3-11-9(5-8)2-4-12(16)15-11/h1,3,5,10H,2,4,6,14H2,(H,15,16). The number of amides is 1. The van der Waals surface area contributed by atoms with Crippen molar-refractivity contribution in [2.24, 2.45) is 5.73 Å². The zero-order chi connectivity index (χ0) is 11.5. The van der Waals surface area contributed by atoms with Crippen molar-refractivity contribution < 1.29 is 4.79 Å². The summed E-state index contributed by atoms with van der Waals surface area (Å²) in [6.07, 6.45) is 1.84. The maximum atomic E-state index is 11.2. The van der Waals surface area contributed by atoms with Crippen LogP contribution in [0.3, 0.4) is 0 Å². The largest absolute Gasteiger partial charge is 0.326 e. The lowest BCUT2D eigenvalue weighted by Gasteiger charge is -2.17. The van der Waals surface area contributed by atoms with Crippen molar-refractivity contribution in [2.75, 3.05) is 5.32 Å². The van der Waals surface area contributed by atoms with E-state index in [0.29, 0.717) is 12.8 Å². The Balaban J connectivity index is 2.20. The van der Waals surface area contributed by atoms with Crippen LogP contribution in [0.15, 0.2) is 18.2 Å². The molecule has 0 radical (unpaired) electrons. The normalized spacial score (nSPS) is 15.9. The number of carbonyl (C=O) groups excluding carboxylic acids is 1. The second-order valence-corrected chi connectivity index (χ2v) is 3.98. The fourth-order valence-electron chi connectivity index (χ4n) is 1.86. The maximum Gasteiger partial charge on any atom is 0.224 e. The monoisotopic (exact) mass is 215 g/mol. The Labute approximate surface area is 94.1 Å². The van der Waals surface area contributed by atoms with Crippen LogP contribution in [0.1, 0.15) is 17.5 Å². The topological polar surface area (TPSA) is 78.9 Å². The summed E-state index contributed by atoms with van der Waals surface area (Å²) in [6, 6.07) is 7.35. The van der Waals surface area contributed by atoms with E-state index in [0.717, 1.165) is 23.2 Å². The lowest BCUT2D eigenvalue weighted by Crippen LogP contribution is -2.21. The van der Waals surface area contributed by atoms with E-state index in [2.05, 4.69) is 5.32 Å². The fraction of sp³-hybridized carbons (Fsp3) is 0.333. The number of nitrogens with one attached hydrogen (secondary N) is 1. The quantitative estimate of drug-likeness (QED) is 0.771. The Kier molecular flexibility index (Phi) is 2.88. The summed E-state index contributed by atoms with van der Waals surface area (Å²) >= 11 is 0. The van der Waals surface area contributed by atoms with Crippen LogP contribution in [-0.4, -0.2) is 11.9 Å². The van der Waals surface area contributed by atoms with E-state index in [-0.39, 0.29) is 5.91 Å². The maximum absolute atomic E-state index is 11.2. The third-order valence-electron chi connectivity index (χ3n) is 2.69. The Morgan fingerprint density at radius 2 is 2.31 bits per heavy atom. The molecule has 2 rings (SSSR count). The average molecular weight is 215 g/mol. The molecule has 0 fully saturated rings. The zero-order valence-corrected chi connectivity index (χ0v) is 8.86. The lowest BCUT2D eigenvalue weighted by atomic mass is 9.98. The van der Waals surface area contributed by atoms with Gasteiger partial charge in [0, 0.05) is 18.5 Å². The van der Waals surface area contributed by atoms with Gasteiger partial charge in [-0.2, -0.15) is 5.26 Å². The van der Waals surface area contributed by atoms with Gasteiger partial charge in [0.05, 0.1) is 12.1 Å². The summed E-state index contributed by atoms with van der Waals surface area (Å²) in [4.78, 5) is 11.2. The SMILES string of the molecule is N#CC(N)Cc1ccc2c(c1)CCC(=O)N2. The molecule has 1 heterocycles. The second-order valence-electron chi connectivity index (χ2n) is 3.98. The van der Waals surface area contributed by atoms with Crippen LogP contribution >= 0.6 is 0 Å². The summed E-state index contributed by atoms with van der Waals surface area (Å²) in [7, 11) is 0. The van der Waals surface area contributed by atoms with Gasteiger partial charge in [-0.1, -0.05) is 12.1 Å². The number of nitrogens with zero attached hydrogens (tertiary/aromatic N) is 1. The van der Waals surface area contributed by atoms with Gasteiger partial charge >= 0.3 is 0 Å². The highest BCUT2D eigenvalue weighted by Gasteiger charge is 2.15. The number of hydrogen-bond donors (Lipinski definition) is 2. The van der Waals surface area contributed by atoms with Gasteiger partial charge in [-0.3, -0.25) is 4.79 Å². The van der Waals surface area contributed by atoms with Gasteiger partial charge in [0.15, 0.2) is 0 Å². The number of hydrogen-bond acceptors (Lipinski definition) is 3. The molecule has 0 spiro atoms. The summed E-state index contributed by atoms with van der Waals surface area (Å²) in [5, 5.41) is 11.5. The van der Waals surface area contributed by atoms with Gasteiger partial charge in [-0.15, -0.1) is 0 Å². The zero-order valence-electron chi connectivity index (χ0n) is 8.86. The van der Waals surface area contributed by atoms with Crippen molar-refractivity contribution in [2.45, 2.75) is 25.3 Å². The van der Waals surface area contributed by atoms with Crippen molar-refractivity contribution in [1.29, 1.82) is 5.26 Å². The first-order valence-corrected chi connectivity index (χ1v) is 5.26. The number of benzene rings is 1. The Bertz CT molecular complexity index is 462. The third kappa shape index (κ3) is 2.20. The highest BCUT2D eigenvalue weighted by Crippen LogP contribution is 2.23. The molecule has 16 heavy (non-hydrogen) atoms. The Morgan fingerprint density at radius 3 is 3.06 bits per heavy atom. The first kappa shape index (κ1) is 10.7. The van der Waals surface area contributed by atoms with E-state index in [1.807, 2.05) is 24.3 Å². The van der Waals surface area contributed by atoms with Gasteiger partial charge in [0.2, 0.25) is 5.91 Å². The fourth-order valence-corrected chi connectivity index (χ4v) is 1.86. The molecule has 1 aliphatic rings. The first-order valence-electron chi connectivity index (χ1n) is 5.26. The molecule has 1 atom stereocenters. The van der Waals surface area contributed by atoms with E-state index >= 15 is 0 Å². The number of anilines is 1. The van der Waals surface area contributed by atoms with Crippen LogP contribution in [0.5, 0.6) is 0 Å². The van der Waals surface area contributed by atoms with E-state index < -0.39 is 6.04 Å². The minimum atomic E-state index is -0.462. The van der Waals surface area contributed by atoms with Gasteiger partial charge < -0.3 is 11.1 Å². The summed E-state index contributed by atoms with van der Waals surface area (Å²) in [5.41, 5.74) is 8.62. The average Bonchev–Trinajstić information content (AvgIpc) is 2.29. The van der Waals surface area contributed by atoms with Gasteiger partial charge in [0.25, 0.3) is 0 Å². The minimum Gasteiger partial charge on any atom is -0.326 e. The van der Waals surface area contributed by atoms with Crippen LogP contribution in [0, 0.1) is 11.3 Å². The summed E-state index contributed by atoms with van der Waals surface area (Å²) in [5.74, 6) is 0.0639. The predicted molar refractivity (Wildman–Crippen MR) is 60.7 cm³/mol. The van der Waals surface area contributed by atoms with E-state index in [9.17, 15) is 4.79 Å². The molecule has 1 aliphatic heterocycles. The molecule has 0 saturated carbocycles. The Morgan fingerprint density at radius 1 is 1.50 bits per heavy atom. The number of fused-ring (bicyclic) bond motifs is 1. The van der Waals surface area contributed by atoms with Crippen molar-refractivity contribution in [1.82, 2.24) is 0 Å². The number of aryl methyl sites for hydroxylation is 1. The molecule has 1 amide bonds. The number of nitrogens with two attached hydrogens (primary N) is 1. The molecule has 0 bridgehead atoms. The van der Waals surface area contributed by atoms with Crippen molar-refractivity contribution in [3.05, 3.63) is 29.3 Å². The molecule has 0 saturated heterocycles. The molecule has 0 aliphatic carbocycles. The second kappa shape index (κ2) is 4.33. The number of nitriles is 1. The van der Waals surface area contributed by atoms with Crippen molar-refractivity contribution in [3.63, 3.8) is 0 Å². The molecular weight excluding hydrogens is 202 g/mol. The van der Waals surface area contributed by atoms with Gasteiger partial charge in [-0.25, -0.2) is 0 Å². The molecule has 82 valence electrons. The van der Waals surface area contributed by atoms with Crippen LogP contribution in [-0.2, 0) is 17.6 Å². The highest BCUT2D eigenvalue weighted by molar-refractivity contribution is 5.93. The van der Waals surface area contributed by atoms with Crippen molar-refractivity contribution >= 4 is 11.6 Å². The molecular formula is C12H13N3O. The summed E-state index contributed by atoms with van der Waals surface area (Å²) < 4.78 is 0. The minimum absolute atomic E-state index is 0.0639. The molecule has 0 aromatic heterocycles.